The quantitative estimate of drug-likeness (QED) is 0.306. The van der Waals surface area contributed by atoms with Crippen LogP contribution in [-0.2, 0) is 17.8 Å². The van der Waals surface area contributed by atoms with Gasteiger partial charge in [-0.1, -0.05) is 34.1 Å². The molecule has 3 amide bonds. The average molecular weight is 485 g/mol. The molecule has 3 rings (SSSR count). The van der Waals surface area contributed by atoms with Crippen molar-refractivity contribution >= 4 is 33.9 Å². The molecule has 0 spiro atoms. The Balaban J connectivity index is 1.91. The van der Waals surface area contributed by atoms with E-state index in [2.05, 4.69) is 27.8 Å². The highest BCUT2D eigenvalue weighted by Crippen LogP contribution is 2.35. The molecule has 0 atom stereocenters. The van der Waals surface area contributed by atoms with Gasteiger partial charge >= 0.3 is 6.03 Å². The molecule has 1 saturated heterocycles. The summed E-state index contributed by atoms with van der Waals surface area (Å²) in [6.07, 6.45) is 4.03. The molecule has 0 aromatic heterocycles. The third-order valence-corrected chi connectivity index (χ3v) is 5.16. The van der Waals surface area contributed by atoms with E-state index in [4.69, 9.17) is 9.47 Å². The first-order chi connectivity index (χ1) is 15.0. The molecule has 6 nitrogen and oxygen atoms in total. The van der Waals surface area contributed by atoms with Crippen molar-refractivity contribution in [2.24, 2.45) is 0 Å². The molecule has 1 N–H and O–H groups in total. The number of nitrogens with one attached hydrogen (secondary N) is 1. The van der Waals surface area contributed by atoms with E-state index in [9.17, 15) is 9.59 Å². The largest absolute Gasteiger partial charge is 0.490 e. The van der Waals surface area contributed by atoms with Crippen molar-refractivity contribution in [3.05, 3.63) is 75.9 Å². The van der Waals surface area contributed by atoms with E-state index in [1.54, 1.807) is 12.2 Å². The van der Waals surface area contributed by atoms with E-state index in [1.807, 2.05) is 50.2 Å². The van der Waals surface area contributed by atoms with E-state index < -0.39 is 6.03 Å². The van der Waals surface area contributed by atoms with Gasteiger partial charge < -0.3 is 14.8 Å². The van der Waals surface area contributed by atoms with E-state index in [1.165, 1.54) is 4.90 Å². The molecule has 1 heterocycles. The van der Waals surface area contributed by atoms with Crippen LogP contribution >= 0.6 is 15.9 Å². The molecule has 1 fully saturated rings. The second kappa shape index (κ2) is 10.3. The first-order valence-corrected chi connectivity index (χ1v) is 10.9. The highest BCUT2D eigenvalue weighted by molar-refractivity contribution is 9.10. The van der Waals surface area contributed by atoms with E-state index in [0.29, 0.717) is 31.1 Å². The first-order valence-electron chi connectivity index (χ1n) is 10.1. The molecule has 162 valence electrons. The Labute approximate surface area is 190 Å². The highest BCUT2D eigenvalue weighted by atomic mass is 79.9. The SMILES string of the molecule is C=CCc1cc(/C=C2/NC(=O)N(Cc3ccc(Br)cc3)C2=O)cc(OCC)c1OCC. The topological polar surface area (TPSA) is 67.9 Å². The number of hydrogen-bond acceptors (Lipinski definition) is 4. The van der Waals surface area contributed by atoms with Crippen LogP contribution in [0.4, 0.5) is 4.79 Å². The lowest BCUT2D eigenvalue weighted by molar-refractivity contribution is -0.123. The summed E-state index contributed by atoms with van der Waals surface area (Å²) in [4.78, 5) is 26.5. The summed E-state index contributed by atoms with van der Waals surface area (Å²) in [7, 11) is 0. The van der Waals surface area contributed by atoms with Crippen molar-refractivity contribution in [2.75, 3.05) is 13.2 Å². The normalized spacial score (nSPS) is 14.7. The van der Waals surface area contributed by atoms with Crippen molar-refractivity contribution in [2.45, 2.75) is 26.8 Å². The molecule has 0 aliphatic carbocycles. The Morgan fingerprint density at radius 3 is 2.45 bits per heavy atom. The van der Waals surface area contributed by atoms with Gasteiger partial charge in [0.15, 0.2) is 11.5 Å². The van der Waals surface area contributed by atoms with Crippen molar-refractivity contribution in [3.8, 4) is 11.5 Å². The number of benzene rings is 2. The van der Waals surface area contributed by atoms with Crippen LogP contribution in [0.3, 0.4) is 0 Å². The lowest BCUT2D eigenvalue weighted by Gasteiger charge is -2.16. The van der Waals surface area contributed by atoms with Gasteiger partial charge in [0.2, 0.25) is 0 Å². The molecule has 0 unspecified atom stereocenters. The Morgan fingerprint density at radius 1 is 1.10 bits per heavy atom. The summed E-state index contributed by atoms with van der Waals surface area (Å²) in [6, 6.07) is 10.8. The van der Waals surface area contributed by atoms with Crippen molar-refractivity contribution < 1.29 is 19.1 Å². The van der Waals surface area contributed by atoms with E-state index in [-0.39, 0.29) is 18.1 Å². The van der Waals surface area contributed by atoms with Gasteiger partial charge in [0.05, 0.1) is 19.8 Å². The fourth-order valence-electron chi connectivity index (χ4n) is 3.30. The molecule has 2 aromatic carbocycles. The Bertz CT molecular complexity index is 1010. The van der Waals surface area contributed by atoms with Crippen molar-refractivity contribution in [1.29, 1.82) is 0 Å². The number of urea groups is 1. The number of amides is 3. The number of hydrogen-bond donors (Lipinski definition) is 1. The Morgan fingerprint density at radius 2 is 1.81 bits per heavy atom. The van der Waals surface area contributed by atoms with Gasteiger partial charge in [0, 0.05) is 10.0 Å². The standard InChI is InChI=1S/C24H25BrN2O4/c1-4-7-18-12-17(14-21(30-5-2)22(18)31-6-3)13-20-23(28)27(24(29)26-20)15-16-8-10-19(25)11-9-16/h4,8-14H,1,5-7,15H2,2-3H3,(H,26,29)/b20-13+. The maximum Gasteiger partial charge on any atom is 0.329 e. The summed E-state index contributed by atoms with van der Waals surface area (Å²) in [6.45, 7) is 8.80. The number of nitrogens with zero attached hydrogens (tertiary/aromatic N) is 1. The summed E-state index contributed by atoms with van der Waals surface area (Å²) < 4.78 is 12.5. The van der Waals surface area contributed by atoms with Gasteiger partial charge in [-0.3, -0.25) is 9.69 Å². The lowest BCUT2D eigenvalue weighted by atomic mass is 10.0. The third kappa shape index (κ3) is 5.35. The Hall–Kier alpha value is -3.06. The van der Waals surface area contributed by atoms with Gasteiger partial charge in [0.25, 0.3) is 5.91 Å². The van der Waals surface area contributed by atoms with Crippen LogP contribution in [0.2, 0.25) is 0 Å². The minimum absolute atomic E-state index is 0.199. The smallest absolute Gasteiger partial charge is 0.329 e. The molecule has 0 saturated carbocycles. The average Bonchev–Trinajstić information content (AvgIpc) is 3.00. The fourth-order valence-corrected chi connectivity index (χ4v) is 3.56. The summed E-state index contributed by atoms with van der Waals surface area (Å²) in [5, 5.41) is 2.67. The van der Waals surface area contributed by atoms with Gasteiger partial charge in [-0.25, -0.2) is 4.79 Å². The van der Waals surface area contributed by atoms with Crippen LogP contribution in [0.15, 0.2) is 59.2 Å². The molecular weight excluding hydrogens is 460 g/mol. The zero-order chi connectivity index (χ0) is 22.4. The van der Waals surface area contributed by atoms with Crippen molar-refractivity contribution in [3.63, 3.8) is 0 Å². The van der Waals surface area contributed by atoms with Crippen LogP contribution in [0.25, 0.3) is 6.08 Å². The van der Waals surface area contributed by atoms with E-state index >= 15 is 0 Å². The first kappa shape index (κ1) is 22.6. The number of imide groups is 1. The van der Waals surface area contributed by atoms with E-state index in [0.717, 1.165) is 21.2 Å². The number of carbonyl (C=O) groups excluding carboxylic acids is 2. The van der Waals surface area contributed by atoms with Gasteiger partial charge in [-0.05, 0) is 61.7 Å². The predicted molar refractivity (Wildman–Crippen MR) is 124 cm³/mol. The van der Waals surface area contributed by atoms with Crippen LogP contribution in [0, 0.1) is 0 Å². The maximum absolute atomic E-state index is 12.9. The van der Waals surface area contributed by atoms with Gasteiger partial charge in [-0.15, -0.1) is 6.58 Å². The monoisotopic (exact) mass is 484 g/mol. The zero-order valence-electron chi connectivity index (χ0n) is 17.6. The lowest BCUT2D eigenvalue weighted by Crippen LogP contribution is -2.30. The fraction of sp³-hybridized carbons (Fsp3) is 0.250. The number of allylic oxidation sites excluding steroid dienone is 1. The van der Waals surface area contributed by atoms with Crippen LogP contribution in [-0.4, -0.2) is 30.1 Å². The number of halogens is 1. The number of carbonyl (C=O) groups is 2. The number of ether oxygens (including phenoxy) is 2. The minimum atomic E-state index is -0.443. The van der Waals surface area contributed by atoms with Gasteiger partial charge in [0.1, 0.15) is 5.70 Å². The minimum Gasteiger partial charge on any atom is -0.490 e. The van der Waals surface area contributed by atoms with Crippen LogP contribution < -0.4 is 14.8 Å². The Kier molecular flexibility index (Phi) is 7.52. The second-order valence-corrected chi connectivity index (χ2v) is 7.79. The van der Waals surface area contributed by atoms with Crippen LogP contribution in [0.1, 0.15) is 30.5 Å². The maximum atomic E-state index is 12.9. The van der Waals surface area contributed by atoms with Crippen molar-refractivity contribution in [1.82, 2.24) is 10.2 Å². The summed E-state index contributed by atoms with van der Waals surface area (Å²) in [5.41, 5.74) is 2.72. The molecule has 7 heteroatoms. The molecular formula is C24H25BrN2O4. The summed E-state index contributed by atoms with van der Waals surface area (Å²) >= 11 is 3.38. The third-order valence-electron chi connectivity index (χ3n) is 4.63. The molecule has 1 aliphatic heterocycles. The molecule has 0 radical (unpaired) electrons. The molecule has 0 bridgehead atoms. The predicted octanol–water partition coefficient (Wildman–Crippen LogP) is 5.07. The highest BCUT2D eigenvalue weighted by Gasteiger charge is 2.33. The van der Waals surface area contributed by atoms with Gasteiger partial charge in [-0.2, -0.15) is 0 Å². The molecule has 2 aromatic rings. The number of rotatable bonds is 9. The molecule has 31 heavy (non-hydrogen) atoms. The summed E-state index contributed by atoms with van der Waals surface area (Å²) in [5.74, 6) is 0.897. The second-order valence-electron chi connectivity index (χ2n) is 6.87. The van der Waals surface area contributed by atoms with Crippen LogP contribution in [0.5, 0.6) is 11.5 Å². The molecule has 1 aliphatic rings. The zero-order valence-corrected chi connectivity index (χ0v) is 19.2.